The van der Waals surface area contributed by atoms with Crippen molar-refractivity contribution in [3.63, 3.8) is 0 Å². The van der Waals surface area contributed by atoms with Gasteiger partial charge in [-0.3, -0.25) is 4.79 Å². The average Bonchev–Trinajstić information content (AvgIpc) is 2.11. The summed E-state index contributed by atoms with van der Waals surface area (Å²) in [5.74, 6) is -0.0721. The summed E-state index contributed by atoms with van der Waals surface area (Å²) < 4.78 is 0. The van der Waals surface area contributed by atoms with Gasteiger partial charge in [0, 0.05) is 10.6 Å². The number of allylic oxidation sites excluding steroid dienone is 1. The number of hydrogen-bond acceptors (Lipinski definition) is 1. The molecule has 0 unspecified atom stereocenters. The molecule has 0 aliphatic heterocycles. The first-order valence-electron chi connectivity index (χ1n) is 3.84. The second kappa shape index (κ2) is 4.83. The Morgan fingerprint density at radius 2 is 1.79 bits per heavy atom. The maximum Gasteiger partial charge on any atom is 0.152 e. The summed E-state index contributed by atoms with van der Waals surface area (Å²) in [6.07, 6.45) is 2.95. The molecule has 1 aromatic carbocycles. The number of ketones is 1. The van der Waals surface area contributed by atoms with Crippen LogP contribution in [0.2, 0.25) is 15.1 Å². The molecule has 0 spiro atoms. The third-order valence-electron chi connectivity index (χ3n) is 1.56. The van der Waals surface area contributed by atoms with Crippen LogP contribution in [0.1, 0.15) is 12.5 Å². The van der Waals surface area contributed by atoms with Gasteiger partial charge in [0.2, 0.25) is 0 Å². The van der Waals surface area contributed by atoms with Crippen molar-refractivity contribution < 1.29 is 4.79 Å². The first-order chi connectivity index (χ1) is 6.52. The molecule has 74 valence electrons. The molecule has 0 radical (unpaired) electrons. The Kier molecular flexibility index (Phi) is 3.99. The van der Waals surface area contributed by atoms with Gasteiger partial charge < -0.3 is 0 Å². The van der Waals surface area contributed by atoms with Gasteiger partial charge in [0.15, 0.2) is 5.78 Å². The number of halogens is 3. The molecule has 1 nitrogen and oxygen atoms in total. The zero-order valence-electron chi connectivity index (χ0n) is 7.35. The Morgan fingerprint density at radius 3 is 2.36 bits per heavy atom. The van der Waals surface area contributed by atoms with E-state index in [1.165, 1.54) is 13.0 Å². The highest BCUT2D eigenvalue weighted by Crippen LogP contribution is 2.32. The molecular formula is C10H7Cl3O. The predicted octanol–water partition coefficient (Wildman–Crippen LogP) is 4.25. The van der Waals surface area contributed by atoms with Gasteiger partial charge in [0.1, 0.15) is 0 Å². The third-order valence-corrected chi connectivity index (χ3v) is 2.71. The van der Waals surface area contributed by atoms with Crippen LogP contribution < -0.4 is 0 Å². The maximum absolute atomic E-state index is 10.7. The summed E-state index contributed by atoms with van der Waals surface area (Å²) >= 11 is 17.6. The lowest BCUT2D eigenvalue weighted by molar-refractivity contribution is -0.112. The van der Waals surface area contributed by atoms with Gasteiger partial charge in [-0.05, 0) is 31.2 Å². The highest BCUT2D eigenvalue weighted by atomic mass is 35.5. The van der Waals surface area contributed by atoms with E-state index < -0.39 is 0 Å². The Morgan fingerprint density at radius 1 is 1.21 bits per heavy atom. The van der Waals surface area contributed by atoms with Crippen LogP contribution in [0.25, 0.3) is 6.08 Å². The van der Waals surface area contributed by atoms with Crippen molar-refractivity contribution >= 4 is 46.7 Å². The molecule has 1 aromatic rings. The van der Waals surface area contributed by atoms with E-state index in [9.17, 15) is 4.79 Å². The van der Waals surface area contributed by atoms with E-state index in [1.807, 2.05) is 0 Å². The molecule has 0 saturated heterocycles. The zero-order chi connectivity index (χ0) is 10.7. The van der Waals surface area contributed by atoms with E-state index in [0.29, 0.717) is 20.6 Å². The molecule has 0 saturated carbocycles. The van der Waals surface area contributed by atoms with E-state index in [1.54, 1.807) is 18.2 Å². The minimum atomic E-state index is -0.0721. The minimum absolute atomic E-state index is 0.0721. The highest BCUT2D eigenvalue weighted by molar-refractivity contribution is 6.44. The summed E-state index contributed by atoms with van der Waals surface area (Å²) in [6, 6.07) is 3.24. The molecule has 14 heavy (non-hydrogen) atoms. The molecule has 0 N–H and O–H groups in total. The summed E-state index contributed by atoms with van der Waals surface area (Å²) in [6.45, 7) is 1.45. The summed E-state index contributed by atoms with van der Waals surface area (Å²) in [5, 5.41) is 1.24. The molecule has 0 aliphatic rings. The van der Waals surface area contributed by atoms with E-state index >= 15 is 0 Å². The van der Waals surface area contributed by atoms with Crippen molar-refractivity contribution in [2.45, 2.75) is 6.92 Å². The third kappa shape index (κ3) is 2.74. The Labute approximate surface area is 97.3 Å². The van der Waals surface area contributed by atoms with Gasteiger partial charge in [0.25, 0.3) is 0 Å². The molecule has 4 heteroatoms. The van der Waals surface area contributed by atoms with Crippen molar-refractivity contribution in [1.82, 2.24) is 0 Å². The Bertz CT molecular complexity index is 397. The summed E-state index contributed by atoms with van der Waals surface area (Å²) in [7, 11) is 0. The number of benzene rings is 1. The first-order valence-corrected chi connectivity index (χ1v) is 4.98. The van der Waals surface area contributed by atoms with E-state index in [0.717, 1.165) is 0 Å². The fourth-order valence-corrected chi connectivity index (χ4v) is 1.56. The van der Waals surface area contributed by atoms with Crippen molar-refractivity contribution in [2.75, 3.05) is 0 Å². The Hall–Kier alpha value is -0.500. The van der Waals surface area contributed by atoms with Gasteiger partial charge in [-0.15, -0.1) is 0 Å². The molecule has 0 aromatic heterocycles. The lowest BCUT2D eigenvalue weighted by atomic mass is 10.2. The summed E-state index contributed by atoms with van der Waals surface area (Å²) in [5.41, 5.74) is 0.566. The standard InChI is InChI=1S/C10H7Cl3O/c1-6(14)2-3-7-8(11)4-5-9(12)10(7)13/h2-5H,1H3. The predicted molar refractivity (Wildman–Crippen MR) is 61.2 cm³/mol. The number of rotatable bonds is 2. The van der Waals surface area contributed by atoms with Gasteiger partial charge in [-0.1, -0.05) is 34.8 Å². The van der Waals surface area contributed by atoms with Crippen LogP contribution in [-0.2, 0) is 4.79 Å². The quantitative estimate of drug-likeness (QED) is 0.566. The van der Waals surface area contributed by atoms with Crippen LogP contribution in [0.4, 0.5) is 0 Å². The van der Waals surface area contributed by atoms with Crippen molar-refractivity contribution in [1.29, 1.82) is 0 Å². The fourth-order valence-electron chi connectivity index (χ4n) is 0.896. The largest absolute Gasteiger partial charge is 0.295 e. The van der Waals surface area contributed by atoms with E-state index in [-0.39, 0.29) is 5.78 Å². The van der Waals surface area contributed by atoms with Crippen molar-refractivity contribution in [3.8, 4) is 0 Å². The second-order valence-electron chi connectivity index (χ2n) is 2.70. The molecule has 0 atom stereocenters. The van der Waals surface area contributed by atoms with E-state index in [2.05, 4.69) is 0 Å². The van der Waals surface area contributed by atoms with Crippen LogP contribution in [0.15, 0.2) is 18.2 Å². The average molecular weight is 250 g/mol. The molecule has 0 bridgehead atoms. The van der Waals surface area contributed by atoms with Crippen molar-refractivity contribution in [2.24, 2.45) is 0 Å². The number of carbonyl (C=O) groups is 1. The molecule has 1 rings (SSSR count). The normalized spacial score (nSPS) is 10.9. The lowest BCUT2D eigenvalue weighted by Gasteiger charge is -2.02. The minimum Gasteiger partial charge on any atom is -0.295 e. The summed E-state index contributed by atoms with van der Waals surface area (Å²) in [4.78, 5) is 10.7. The molecule has 0 heterocycles. The SMILES string of the molecule is CC(=O)C=Cc1c(Cl)ccc(Cl)c1Cl. The fraction of sp³-hybridized carbons (Fsp3) is 0.100. The molecule has 0 fully saturated rings. The van der Waals surface area contributed by atoms with Crippen LogP contribution in [-0.4, -0.2) is 5.78 Å². The number of carbonyl (C=O) groups excluding carboxylic acids is 1. The monoisotopic (exact) mass is 248 g/mol. The van der Waals surface area contributed by atoms with Crippen LogP contribution >= 0.6 is 34.8 Å². The highest BCUT2D eigenvalue weighted by Gasteiger charge is 2.06. The molecular weight excluding hydrogens is 242 g/mol. The smallest absolute Gasteiger partial charge is 0.152 e. The zero-order valence-corrected chi connectivity index (χ0v) is 9.62. The Balaban J connectivity index is 3.19. The first kappa shape index (κ1) is 11.6. The maximum atomic E-state index is 10.7. The van der Waals surface area contributed by atoms with Crippen LogP contribution in [0.5, 0.6) is 0 Å². The topological polar surface area (TPSA) is 17.1 Å². The second-order valence-corrected chi connectivity index (χ2v) is 3.89. The molecule has 0 amide bonds. The van der Waals surface area contributed by atoms with Gasteiger partial charge >= 0.3 is 0 Å². The van der Waals surface area contributed by atoms with Crippen LogP contribution in [0, 0.1) is 0 Å². The van der Waals surface area contributed by atoms with Gasteiger partial charge in [0.05, 0.1) is 10.0 Å². The van der Waals surface area contributed by atoms with Crippen LogP contribution in [0.3, 0.4) is 0 Å². The van der Waals surface area contributed by atoms with Crippen molar-refractivity contribution in [3.05, 3.63) is 38.8 Å². The van der Waals surface area contributed by atoms with Gasteiger partial charge in [-0.2, -0.15) is 0 Å². The lowest BCUT2D eigenvalue weighted by Crippen LogP contribution is -1.83. The molecule has 0 aliphatic carbocycles. The van der Waals surface area contributed by atoms with Gasteiger partial charge in [-0.25, -0.2) is 0 Å². The van der Waals surface area contributed by atoms with E-state index in [4.69, 9.17) is 34.8 Å². The number of hydrogen-bond donors (Lipinski definition) is 0.